The topological polar surface area (TPSA) is 116 Å². The fourth-order valence-electron chi connectivity index (χ4n) is 3.02. The van der Waals surface area contributed by atoms with Gasteiger partial charge in [0.2, 0.25) is 21.7 Å². The molecule has 11 heteroatoms. The number of ether oxygens (including phenoxy) is 3. The third-order valence-corrected chi connectivity index (χ3v) is 7.00. The third kappa shape index (κ3) is 5.81. The van der Waals surface area contributed by atoms with Crippen LogP contribution in [0.4, 0.5) is 5.13 Å². The molecule has 33 heavy (non-hydrogen) atoms. The maximum absolute atomic E-state index is 12.4. The minimum Gasteiger partial charge on any atom is -0.493 e. The van der Waals surface area contributed by atoms with E-state index in [1.165, 1.54) is 44.8 Å². The number of carbonyl (C=O) groups excluding carboxylic acids is 1. The fourth-order valence-corrected chi connectivity index (χ4v) is 5.28. The maximum Gasteiger partial charge on any atom is 0.250 e. The number of rotatable bonds is 9. The van der Waals surface area contributed by atoms with Gasteiger partial charge in [0.05, 0.1) is 36.4 Å². The molecule has 0 fully saturated rings. The summed E-state index contributed by atoms with van der Waals surface area (Å²) in [6.07, 6.45) is 2.96. The van der Waals surface area contributed by atoms with Crippen LogP contribution in [0, 0.1) is 0 Å². The number of hydrogen-bond acceptors (Lipinski definition) is 8. The first-order valence-corrected chi connectivity index (χ1v) is 12.2. The Morgan fingerprint density at radius 2 is 1.73 bits per heavy atom. The molecular weight excluding hydrogens is 466 g/mol. The molecule has 2 aromatic carbocycles. The molecule has 176 valence electrons. The molecule has 3 rings (SSSR count). The Morgan fingerprint density at radius 3 is 2.30 bits per heavy atom. The molecule has 0 radical (unpaired) electrons. The lowest BCUT2D eigenvalue weighted by Crippen LogP contribution is -2.30. The number of fused-ring (bicyclic) bond motifs is 1. The molecule has 1 heterocycles. The molecule has 1 aromatic heterocycles. The lowest BCUT2D eigenvalue weighted by atomic mass is 10.1. The number of carbonyl (C=O) groups is 1. The molecule has 2 N–H and O–H groups in total. The average molecular weight is 492 g/mol. The average Bonchev–Trinajstić information content (AvgIpc) is 3.17. The number of aromatic nitrogens is 1. The highest BCUT2D eigenvalue weighted by atomic mass is 32.2. The molecular formula is C22H25N3O6S2. The van der Waals surface area contributed by atoms with E-state index in [-0.39, 0.29) is 10.9 Å². The Hall–Kier alpha value is -3.15. The van der Waals surface area contributed by atoms with Crippen LogP contribution in [-0.2, 0) is 14.8 Å². The largest absolute Gasteiger partial charge is 0.493 e. The number of nitrogens with one attached hydrogen (secondary N) is 2. The first-order chi connectivity index (χ1) is 15.7. The lowest BCUT2D eigenvalue weighted by Gasteiger charge is -2.12. The minimum absolute atomic E-state index is 0.146. The molecule has 0 atom stereocenters. The van der Waals surface area contributed by atoms with Crippen molar-refractivity contribution in [1.29, 1.82) is 0 Å². The van der Waals surface area contributed by atoms with E-state index in [4.69, 9.17) is 14.2 Å². The van der Waals surface area contributed by atoms with Crippen LogP contribution in [-0.4, -0.2) is 46.7 Å². The first-order valence-electron chi connectivity index (χ1n) is 9.89. The maximum atomic E-state index is 12.4. The third-order valence-electron chi connectivity index (χ3n) is 4.41. The Balaban J connectivity index is 1.78. The van der Waals surface area contributed by atoms with Crippen molar-refractivity contribution in [3.8, 4) is 17.2 Å². The van der Waals surface area contributed by atoms with E-state index in [0.717, 1.165) is 0 Å². The summed E-state index contributed by atoms with van der Waals surface area (Å²) >= 11 is 1.19. The van der Waals surface area contributed by atoms with Crippen LogP contribution in [0.2, 0.25) is 0 Å². The van der Waals surface area contributed by atoms with Crippen LogP contribution >= 0.6 is 11.3 Å². The molecule has 0 spiro atoms. The second-order valence-electron chi connectivity index (χ2n) is 7.21. The van der Waals surface area contributed by atoms with Crippen LogP contribution in [0.1, 0.15) is 19.4 Å². The summed E-state index contributed by atoms with van der Waals surface area (Å²) < 4.78 is 43.9. The minimum atomic E-state index is -3.62. The normalized spacial score (nSPS) is 11.8. The predicted molar refractivity (Wildman–Crippen MR) is 129 cm³/mol. The number of nitrogens with zero attached hydrogens (tertiary/aromatic N) is 1. The highest BCUT2D eigenvalue weighted by Crippen LogP contribution is 2.38. The Morgan fingerprint density at radius 1 is 1.06 bits per heavy atom. The summed E-state index contributed by atoms with van der Waals surface area (Å²) in [5.41, 5.74) is 1.27. The van der Waals surface area contributed by atoms with Gasteiger partial charge < -0.3 is 14.2 Å². The number of methoxy groups -OCH3 is 3. The van der Waals surface area contributed by atoms with Gasteiger partial charge in [-0.15, -0.1) is 0 Å². The van der Waals surface area contributed by atoms with Gasteiger partial charge in [0.1, 0.15) is 0 Å². The summed E-state index contributed by atoms with van der Waals surface area (Å²) in [5.74, 6) is 1.01. The van der Waals surface area contributed by atoms with Crippen molar-refractivity contribution in [2.75, 3.05) is 26.6 Å². The summed E-state index contributed by atoms with van der Waals surface area (Å²) in [5, 5.41) is 3.06. The van der Waals surface area contributed by atoms with E-state index in [1.807, 2.05) is 0 Å². The fraction of sp³-hybridized carbons (Fsp3) is 0.273. The van der Waals surface area contributed by atoms with Gasteiger partial charge in [-0.3, -0.25) is 10.1 Å². The van der Waals surface area contributed by atoms with Crippen LogP contribution in [0.3, 0.4) is 0 Å². The summed E-state index contributed by atoms with van der Waals surface area (Å²) in [7, 11) is 0.923. The van der Waals surface area contributed by atoms with E-state index in [2.05, 4.69) is 15.0 Å². The van der Waals surface area contributed by atoms with Gasteiger partial charge in [-0.25, -0.2) is 18.1 Å². The SMILES string of the molecule is COc1cc(/C=C/C(=O)Nc2nc3ccc(S(=O)(=O)NC(C)C)cc3s2)cc(OC)c1OC. The Kier molecular flexibility index (Phi) is 7.57. The molecule has 0 saturated heterocycles. The lowest BCUT2D eigenvalue weighted by molar-refractivity contribution is -0.111. The number of sulfonamides is 1. The summed E-state index contributed by atoms with van der Waals surface area (Å²) in [6.45, 7) is 3.50. The highest BCUT2D eigenvalue weighted by Gasteiger charge is 2.17. The smallest absolute Gasteiger partial charge is 0.250 e. The van der Waals surface area contributed by atoms with Crippen molar-refractivity contribution in [2.45, 2.75) is 24.8 Å². The van der Waals surface area contributed by atoms with Crippen LogP contribution < -0.4 is 24.2 Å². The molecule has 3 aromatic rings. The molecule has 0 aliphatic heterocycles. The van der Waals surface area contributed by atoms with Crippen molar-refractivity contribution in [3.63, 3.8) is 0 Å². The van der Waals surface area contributed by atoms with E-state index < -0.39 is 15.9 Å². The number of benzene rings is 2. The van der Waals surface area contributed by atoms with Gasteiger partial charge >= 0.3 is 0 Å². The molecule has 0 bridgehead atoms. The molecule has 0 aliphatic rings. The van der Waals surface area contributed by atoms with Gasteiger partial charge in [-0.2, -0.15) is 0 Å². The van der Waals surface area contributed by atoms with Crippen LogP contribution in [0.15, 0.2) is 41.3 Å². The standard InChI is InChI=1S/C22H25N3O6S2/c1-13(2)25-33(27,28)15-7-8-16-19(12-15)32-22(23-16)24-20(26)9-6-14-10-17(29-3)21(31-5)18(11-14)30-4/h6-13,25H,1-5H3,(H,23,24,26)/b9-6+. The Bertz CT molecular complexity index is 1270. The zero-order valence-electron chi connectivity index (χ0n) is 18.8. The summed E-state index contributed by atoms with van der Waals surface area (Å²) in [6, 6.07) is 7.86. The number of anilines is 1. The van der Waals surface area contributed by atoms with Gasteiger partial charge in [0, 0.05) is 12.1 Å². The van der Waals surface area contributed by atoms with Crippen molar-refractivity contribution < 1.29 is 27.4 Å². The molecule has 0 aliphatic carbocycles. The van der Waals surface area contributed by atoms with Crippen molar-refractivity contribution >= 4 is 48.7 Å². The molecule has 0 saturated carbocycles. The van der Waals surface area contributed by atoms with E-state index >= 15 is 0 Å². The van der Waals surface area contributed by atoms with E-state index in [0.29, 0.717) is 38.2 Å². The van der Waals surface area contributed by atoms with Gasteiger partial charge in [-0.05, 0) is 55.8 Å². The van der Waals surface area contributed by atoms with Crippen molar-refractivity contribution in [2.24, 2.45) is 0 Å². The quantitative estimate of drug-likeness (QED) is 0.439. The number of hydrogen-bond donors (Lipinski definition) is 2. The second kappa shape index (κ2) is 10.2. The van der Waals surface area contributed by atoms with Crippen LogP contribution in [0.25, 0.3) is 16.3 Å². The molecule has 9 nitrogen and oxygen atoms in total. The zero-order chi connectivity index (χ0) is 24.2. The monoisotopic (exact) mass is 491 g/mol. The summed E-state index contributed by atoms with van der Waals surface area (Å²) in [4.78, 5) is 16.9. The number of amides is 1. The van der Waals surface area contributed by atoms with Crippen LogP contribution in [0.5, 0.6) is 17.2 Å². The second-order valence-corrected chi connectivity index (χ2v) is 9.95. The number of thiazole rings is 1. The molecule has 1 amide bonds. The first kappa shape index (κ1) is 24.5. The molecule has 0 unspecified atom stereocenters. The predicted octanol–water partition coefficient (Wildman–Crippen LogP) is 3.66. The van der Waals surface area contributed by atoms with Gasteiger partial charge in [0.15, 0.2) is 16.6 Å². The van der Waals surface area contributed by atoms with Gasteiger partial charge in [-0.1, -0.05) is 11.3 Å². The van der Waals surface area contributed by atoms with Crippen molar-refractivity contribution in [3.05, 3.63) is 42.0 Å². The Labute approximate surface area is 196 Å². The zero-order valence-corrected chi connectivity index (χ0v) is 20.5. The van der Waals surface area contributed by atoms with Crippen molar-refractivity contribution in [1.82, 2.24) is 9.71 Å². The van der Waals surface area contributed by atoms with Gasteiger partial charge in [0.25, 0.3) is 0 Å². The van der Waals surface area contributed by atoms with E-state index in [1.54, 1.807) is 44.2 Å². The highest BCUT2D eigenvalue weighted by molar-refractivity contribution is 7.89. The van der Waals surface area contributed by atoms with E-state index in [9.17, 15) is 13.2 Å².